The molecule has 1 rings (SSSR count). The third kappa shape index (κ3) is 6.63. The van der Waals surface area contributed by atoms with Crippen LogP contribution in [0.3, 0.4) is 0 Å². The number of nitrogens with one attached hydrogen (secondary N) is 3. The van der Waals surface area contributed by atoms with Crippen molar-refractivity contribution in [3.8, 4) is 0 Å². The number of carbonyl (C=O) groups is 2. The maximum absolute atomic E-state index is 11.9. The van der Waals surface area contributed by atoms with Crippen LogP contribution in [-0.2, 0) is 4.79 Å². The van der Waals surface area contributed by atoms with Gasteiger partial charge in [0.1, 0.15) is 6.54 Å². The zero-order valence-corrected chi connectivity index (χ0v) is 11.3. The fourth-order valence-corrected chi connectivity index (χ4v) is 2.17. The number of amides is 3. The van der Waals surface area contributed by atoms with E-state index < -0.39 is 31.2 Å². The predicted octanol–water partition coefficient (Wildman–Crippen LogP) is 1.54. The van der Waals surface area contributed by atoms with Gasteiger partial charge in [0.15, 0.2) is 0 Å². The van der Waals surface area contributed by atoms with E-state index in [0.29, 0.717) is 5.92 Å². The fourth-order valence-electron chi connectivity index (χ4n) is 2.17. The molecule has 1 fully saturated rings. The summed E-state index contributed by atoms with van der Waals surface area (Å²) in [5.41, 5.74) is 0. The van der Waals surface area contributed by atoms with E-state index in [-0.39, 0.29) is 6.04 Å². The molecular formula is C12H20F3N3O2. The van der Waals surface area contributed by atoms with Crippen LogP contribution < -0.4 is 16.0 Å². The Bertz CT molecular complexity index is 347. The van der Waals surface area contributed by atoms with E-state index in [4.69, 9.17) is 0 Å². The van der Waals surface area contributed by atoms with E-state index in [1.807, 2.05) is 6.92 Å². The number of halogens is 3. The molecule has 1 aliphatic carbocycles. The molecule has 0 saturated heterocycles. The average molecular weight is 295 g/mol. The van der Waals surface area contributed by atoms with Crippen LogP contribution in [0.1, 0.15) is 32.6 Å². The van der Waals surface area contributed by atoms with Crippen molar-refractivity contribution in [2.45, 2.75) is 44.8 Å². The van der Waals surface area contributed by atoms with E-state index in [0.717, 1.165) is 25.7 Å². The van der Waals surface area contributed by atoms with Crippen LogP contribution in [0, 0.1) is 5.92 Å². The van der Waals surface area contributed by atoms with Crippen LogP contribution in [0.2, 0.25) is 0 Å². The minimum atomic E-state index is -4.45. The van der Waals surface area contributed by atoms with E-state index in [1.165, 1.54) is 0 Å². The van der Waals surface area contributed by atoms with E-state index >= 15 is 0 Å². The van der Waals surface area contributed by atoms with Crippen molar-refractivity contribution in [2.75, 3.05) is 13.1 Å². The first-order chi connectivity index (χ1) is 9.28. The number of hydrogen-bond acceptors (Lipinski definition) is 2. The fraction of sp³-hybridized carbons (Fsp3) is 0.833. The lowest BCUT2D eigenvalue weighted by molar-refractivity contribution is -0.137. The lowest BCUT2D eigenvalue weighted by Gasteiger charge is -2.29. The van der Waals surface area contributed by atoms with Crippen molar-refractivity contribution in [3.63, 3.8) is 0 Å². The second-order valence-electron chi connectivity index (χ2n) is 5.09. The summed E-state index contributed by atoms with van der Waals surface area (Å²) < 4.78 is 35.6. The molecule has 3 amide bonds. The highest BCUT2D eigenvalue weighted by Crippen LogP contribution is 2.23. The zero-order valence-electron chi connectivity index (χ0n) is 11.3. The third-order valence-electron chi connectivity index (χ3n) is 3.32. The highest BCUT2D eigenvalue weighted by molar-refractivity contribution is 5.83. The van der Waals surface area contributed by atoms with Crippen LogP contribution >= 0.6 is 0 Å². The number of carbonyl (C=O) groups excluding carboxylic acids is 2. The Kier molecular flexibility index (Phi) is 6.09. The van der Waals surface area contributed by atoms with Gasteiger partial charge in [-0.05, 0) is 18.8 Å². The smallest absolute Gasteiger partial charge is 0.345 e. The van der Waals surface area contributed by atoms with E-state index in [9.17, 15) is 22.8 Å². The Labute approximate surface area is 115 Å². The molecule has 0 bridgehead atoms. The predicted molar refractivity (Wildman–Crippen MR) is 67.0 cm³/mol. The van der Waals surface area contributed by atoms with Crippen molar-refractivity contribution in [1.82, 2.24) is 16.0 Å². The van der Waals surface area contributed by atoms with Gasteiger partial charge in [0.05, 0.1) is 6.54 Å². The average Bonchev–Trinajstić information content (AvgIpc) is 2.36. The minimum Gasteiger partial charge on any atom is -0.345 e. The SMILES string of the molecule is CC1CCCCC1NC(=O)NCC(=O)NCC(F)(F)F. The van der Waals surface area contributed by atoms with Crippen LogP contribution in [0.5, 0.6) is 0 Å². The number of rotatable bonds is 4. The summed E-state index contributed by atoms with van der Waals surface area (Å²) >= 11 is 0. The highest BCUT2D eigenvalue weighted by atomic mass is 19.4. The van der Waals surface area contributed by atoms with Gasteiger partial charge >= 0.3 is 12.2 Å². The van der Waals surface area contributed by atoms with Crippen molar-refractivity contribution < 1.29 is 22.8 Å². The molecule has 20 heavy (non-hydrogen) atoms. The molecule has 0 radical (unpaired) electrons. The maximum Gasteiger partial charge on any atom is 0.405 e. The Morgan fingerprint density at radius 1 is 1.15 bits per heavy atom. The third-order valence-corrected chi connectivity index (χ3v) is 3.32. The molecule has 0 aromatic heterocycles. The number of hydrogen-bond donors (Lipinski definition) is 3. The van der Waals surface area contributed by atoms with Crippen molar-refractivity contribution in [3.05, 3.63) is 0 Å². The Balaban J connectivity index is 2.20. The summed E-state index contributed by atoms with van der Waals surface area (Å²) in [6, 6.07) is -0.465. The van der Waals surface area contributed by atoms with Gasteiger partial charge in [0.2, 0.25) is 5.91 Å². The van der Waals surface area contributed by atoms with Gasteiger partial charge in [-0.1, -0.05) is 19.8 Å². The first kappa shape index (κ1) is 16.6. The molecule has 2 unspecified atom stereocenters. The summed E-state index contributed by atoms with van der Waals surface area (Å²) in [4.78, 5) is 22.6. The normalized spacial score (nSPS) is 23.0. The van der Waals surface area contributed by atoms with E-state index in [2.05, 4.69) is 10.6 Å². The summed E-state index contributed by atoms with van der Waals surface area (Å²) in [5, 5.41) is 6.69. The van der Waals surface area contributed by atoms with Crippen LogP contribution in [0.4, 0.5) is 18.0 Å². The molecule has 1 aliphatic rings. The second kappa shape index (κ2) is 7.35. The van der Waals surface area contributed by atoms with Gasteiger partial charge in [-0.15, -0.1) is 0 Å². The topological polar surface area (TPSA) is 70.2 Å². The quantitative estimate of drug-likeness (QED) is 0.736. The first-order valence-corrected chi connectivity index (χ1v) is 6.66. The second-order valence-corrected chi connectivity index (χ2v) is 5.09. The summed E-state index contributed by atoms with van der Waals surface area (Å²) in [6.45, 7) is 0.179. The van der Waals surface area contributed by atoms with Gasteiger partial charge in [0, 0.05) is 6.04 Å². The van der Waals surface area contributed by atoms with E-state index in [1.54, 1.807) is 5.32 Å². The molecule has 0 aromatic rings. The molecule has 1 saturated carbocycles. The van der Waals surface area contributed by atoms with Crippen LogP contribution in [-0.4, -0.2) is 37.2 Å². The molecule has 0 aliphatic heterocycles. The number of urea groups is 1. The molecule has 5 nitrogen and oxygen atoms in total. The van der Waals surface area contributed by atoms with Crippen molar-refractivity contribution in [2.24, 2.45) is 5.92 Å². The molecule has 116 valence electrons. The van der Waals surface area contributed by atoms with Crippen LogP contribution in [0.25, 0.3) is 0 Å². The Hall–Kier alpha value is -1.47. The maximum atomic E-state index is 11.9. The first-order valence-electron chi connectivity index (χ1n) is 6.66. The highest BCUT2D eigenvalue weighted by Gasteiger charge is 2.27. The van der Waals surface area contributed by atoms with Crippen LogP contribution in [0.15, 0.2) is 0 Å². The molecule has 3 N–H and O–H groups in total. The zero-order chi connectivity index (χ0) is 15.2. The lowest BCUT2D eigenvalue weighted by atomic mass is 9.86. The molecule has 2 atom stereocenters. The van der Waals surface area contributed by atoms with Gasteiger partial charge in [-0.25, -0.2) is 4.79 Å². The van der Waals surface area contributed by atoms with Crippen molar-refractivity contribution >= 4 is 11.9 Å². The monoisotopic (exact) mass is 295 g/mol. The minimum absolute atomic E-state index is 0.0574. The summed E-state index contributed by atoms with van der Waals surface area (Å²) in [5.74, 6) is -0.497. The lowest BCUT2D eigenvalue weighted by Crippen LogP contribution is -2.49. The molecule has 0 spiro atoms. The largest absolute Gasteiger partial charge is 0.405 e. The molecule has 0 aromatic carbocycles. The van der Waals surface area contributed by atoms with Gasteiger partial charge in [0.25, 0.3) is 0 Å². The molecular weight excluding hydrogens is 275 g/mol. The number of alkyl halides is 3. The molecule has 8 heteroatoms. The standard InChI is InChI=1S/C12H20F3N3O2/c1-8-4-2-3-5-9(8)18-11(20)16-6-10(19)17-7-12(13,14)15/h8-9H,2-7H2,1H3,(H,17,19)(H2,16,18,20). The summed E-state index contributed by atoms with van der Waals surface area (Å²) in [6.07, 6.45) is -0.344. The van der Waals surface area contributed by atoms with Crippen molar-refractivity contribution in [1.29, 1.82) is 0 Å². The van der Waals surface area contributed by atoms with Gasteiger partial charge in [-0.2, -0.15) is 13.2 Å². The Morgan fingerprint density at radius 2 is 1.80 bits per heavy atom. The molecule has 0 heterocycles. The Morgan fingerprint density at radius 3 is 2.40 bits per heavy atom. The van der Waals surface area contributed by atoms with Gasteiger partial charge in [-0.3, -0.25) is 4.79 Å². The summed E-state index contributed by atoms with van der Waals surface area (Å²) in [7, 11) is 0. The van der Waals surface area contributed by atoms with Gasteiger partial charge < -0.3 is 16.0 Å².